The van der Waals surface area contributed by atoms with Gasteiger partial charge in [-0.2, -0.15) is 0 Å². The summed E-state index contributed by atoms with van der Waals surface area (Å²) in [6.07, 6.45) is 0. The van der Waals surface area contributed by atoms with E-state index in [4.69, 9.17) is 17.0 Å². The lowest BCUT2D eigenvalue weighted by atomic mass is 10.2. The van der Waals surface area contributed by atoms with E-state index >= 15 is 0 Å². The van der Waals surface area contributed by atoms with Gasteiger partial charge in [0.15, 0.2) is 0 Å². The van der Waals surface area contributed by atoms with Gasteiger partial charge >= 0.3 is 0 Å². The van der Waals surface area contributed by atoms with E-state index in [-0.39, 0.29) is 0 Å². The summed E-state index contributed by atoms with van der Waals surface area (Å²) in [7, 11) is 1.70. The molecular weight excluding hydrogens is 220 g/mol. The molecule has 2 rings (SSSR count). The molecule has 0 bridgehead atoms. The molecule has 16 heavy (non-hydrogen) atoms. The summed E-state index contributed by atoms with van der Waals surface area (Å²) in [6, 6.07) is 8.19. The highest BCUT2D eigenvalue weighted by Crippen LogP contribution is 2.21. The van der Waals surface area contributed by atoms with Gasteiger partial charge in [0.25, 0.3) is 0 Å². The highest BCUT2D eigenvalue weighted by Gasteiger charge is 2.14. The topological polar surface area (TPSA) is 15.7 Å². The van der Waals surface area contributed by atoms with Crippen LogP contribution in [0, 0.1) is 0 Å². The van der Waals surface area contributed by atoms with Crippen molar-refractivity contribution in [3.8, 4) is 5.75 Å². The molecule has 1 aliphatic heterocycles. The summed E-state index contributed by atoms with van der Waals surface area (Å²) >= 11 is 4.93. The van der Waals surface area contributed by atoms with Crippen molar-refractivity contribution in [1.29, 1.82) is 0 Å². The average Bonchev–Trinajstić information content (AvgIpc) is 2.39. The number of anilines is 1. The zero-order valence-corrected chi connectivity index (χ0v) is 10.2. The molecule has 0 aromatic heterocycles. The SMILES string of the molecule is COc1cccc(N2CCN(C=S)CC2)c1. The summed E-state index contributed by atoms with van der Waals surface area (Å²) in [5, 5.41) is 0. The number of ether oxygens (including phenoxy) is 1. The first kappa shape index (κ1) is 11.2. The summed E-state index contributed by atoms with van der Waals surface area (Å²) in [6.45, 7) is 4.03. The Morgan fingerprint density at radius 1 is 1.25 bits per heavy atom. The van der Waals surface area contributed by atoms with Crippen LogP contribution in [0.3, 0.4) is 0 Å². The van der Waals surface area contributed by atoms with Gasteiger partial charge in [0.1, 0.15) is 5.75 Å². The molecule has 1 aliphatic rings. The fourth-order valence-corrected chi connectivity index (χ4v) is 2.10. The van der Waals surface area contributed by atoms with Crippen LogP contribution in [0.4, 0.5) is 5.69 Å². The minimum atomic E-state index is 0.912. The number of benzene rings is 1. The van der Waals surface area contributed by atoms with Crippen LogP contribution >= 0.6 is 12.2 Å². The average molecular weight is 236 g/mol. The van der Waals surface area contributed by atoms with Gasteiger partial charge in [0, 0.05) is 37.9 Å². The molecule has 0 N–H and O–H groups in total. The maximum atomic E-state index is 5.23. The Morgan fingerprint density at radius 2 is 2.00 bits per heavy atom. The Morgan fingerprint density at radius 3 is 2.62 bits per heavy atom. The van der Waals surface area contributed by atoms with Crippen molar-refractivity contribution in [2.75, 3.05) is 38.2 Å². The molecule has 0 saturated carbocycles. The van der Waals surface area contributed by atoms with Gasteiger partial charge in [0.05, 0.1) is 12.6 Å². The predicted molar refractivity (Wildman–Crippen MR) is 70.4 cm³/mol. The first-order valence-electron chi connectivity index (χ1n) is 5.42. The molecule has 0 amide bonds. The van der Waals surface area contributed by atoms with Gasteiger partial charge in [-0.05, 0) is 12.1 Å². The number of hydrogen-bond acceptors (Lipinski definition) is 3. The van der Waals surface area contributed by atoms with Crippen LogP contribution in [0.1, 0.15) is 0 Å². The third kappa shape index (κ3) is 2.44. The summed E-state index contributed by atoms with van der Waals surface area (Å²) in [4.78, 5) is 4.53. The van der Waals surface area contributed by atoms with Crippen LogP contribution in [0.5, 0.6) is 5.75 Å². The Bertz CT molecular complexity index is 362. The molecule has 1 aromatic carbocycles. The molecule has 86 valence electrons. The Labute approximate surface area is 102 Å². The van der Waals surface area contributed by atoms with Crippen LogP contribution in [-0.2, 0) is 0 Å². The summed E-state index contributed by atoms with van der Waals surface area (Å²) in [5.41, 5.74) is 2.98. The van der Waals surface area contributed by atoms with Gasteiger partial charge in [-0.15, -0.1) is 0 Å². The minimum Gasteiger partial charge on any atom is -0.497 e. The number of nitrogens with zero attached hydrogens (tertiary/aromatic N) is 2. The first-order chi connectivity index (χ1) is 7.83. The van der Waals surface area contributed by atoms with Crippen LogP contribution in [0.2, 0.25) is 0 Å². The molecular formula is C12H16N2OS. The second-order valence-corrected chi connectivity index (χ2v) is 4.04. The predicted octanol–water partition coefficient (Wildman–Crippen LogP) is 1.77. The van der Waals surface area contributed by atoms with Crippen molar-refractivity contribution in [2.45, 2.75) is 0 Å². The van der Waals surface area contributed by atoms with Gasteiger partial charge in [-0.3, -0.25) is 0 Å². The molecule has 3 nitrogen and oxygen atoms in total. The van der Waals surface area contributed by atoms with E-state index in [0.717, 1.165) is 31.9 Å². The quantitative estimate of drug-likeness (QED) is 0.743. The Balaban J connectivity index is 2.04. The van der Waals surface area contributed by atoms with E-state index in [1.807, 2.05) is 12.1 Å². The molecule has 1 saturated heterocycles. The molecule has 0 spiro atoms. The smallest absolute Gasteiger partial charge is 0.120 e. The molecule has 0 atom stereocenters. The van der Waals surface area contributed by atoms with Crippen LogP contribution in [0.15, 0.2) is 24.3 Å². The number of piperazine rings is 1. The van der Waals surface area contributed by atoms with E-state index in [9.17, 15) is 0 Å². The molecule has 1 aromatic rings. The van der Waals surface area contributed by atoms with E-state index in [1.165, 1.54) is 5.69 Å². The number of methoxy groups -OCH3 is 1. The third-order valence-electron chi connectivity index (χ3n) is 2.88. The van der Waals surface area contributed by atoms with Crippen molar-refractivity contribution >= 4 is 23.4 Å². The van der Waals surface area contributed by atoms with Crippen molar-refractivity contribution in [3.05, 3.63) is 24.3 Å². The molecule has 1 fully saturated rings. The lowest BCUT2D eigenvalue weighted by molar-refractivity contribution is 0.398. The molecule has 1 heterocycles. The minimum absolute atomic E-state index is 0.912. The Hall–Kier alpha value is -1.29. The molecule has 4 heteroatoms. The highest BCUT2D eigenvalue weighted by atomic mass is 32.1. The number of hydrogen-bond donors (Lipinski definition) is 0. The lowest BCUT2D eigenvalue weighted by Crippen LogP contribution is -2.45. The Kier molecular flexibility index (Phi) is 3.62. The van der Waals surface area contributed by atoms with E-state index in [2.05, 4.69) is 21.9 Å². The molecule has 0 unspecified atom stereocenters. The monoisotopic (exact) mass is 236 g/mol. The first-order valence-corrected chi connectivity index (χ1v) is 5.89. The van der Waals surface area contributed by atoms with E-state index in [1.54, 1.807) is 12.6 Å². The van der Waals surface area contributed by atoms with Crippen molar-refractivity contribution < 1.29 is 4.74 Å². The van der Waals surface area contributed by atoms with Crippen LogP contribution in [-0.4, -0.2) is 43.7 Å². The highest BCUT2D eigenvalue weighted by molar-refractivity contribution is 7.78. The van der Waals surface area contributed by atoms with Gasteiger partial charge in [-0.1, -0.05) is 18.3 Å². The largest absolute Gasteiger partial charge is 0.497 e. The second-order valence-electron chi connectivity index (χ2n) is 3.83. The summed E-state index contributed by atoms with van der Waals surface area (Å²) in [5.74, 6) is 0.912. The third-order valence-corrected chi connectivity index (χ3v) is 3.18. The summed E-state index contributed by atoms with van der Waals surface area (Å²) < 4.78 is 5.23. The zero-order chi connectivity index (χ0) is 11.4. The molecule has 0 aliphatic carbocycles. The maximum Gasteiger partial charge on any atom is 0.120 e. The fraction of sp³-hybridized carbons (Fsp3) is 0.417. The van der Waals surface area contributed by atoms with E-state index < -0.39 is 0 Å². The fourth-order valence-electron chi connectivity index (χ4n) is 1.89. The second kappa shape index (κ2) is 5.16. The number of rotatable bonds is 3. The van der Waals surface area contributed by atoms with Crippen molar-refractivity contribution in [3.63, 3.8) is 0 Å². The zero-order valence-electron chi connectivity index (χ0n) is 9.43. The van der Waals surface area contributed by atoms with Crippen LogP contribution < -0.4 is 9.64 Å². The van der Waals surface area contributed by atoms with Crippen LogP contribution in [0.25, 0.3) is 0 Å². The van der Waals surface area contributed by atoms with E-state index in [0.29, 0.717) is 0 Å². The van der Waals surface area contributed by atoms with Crippen molar-refractivity contribution in [2.24, 2.45) is 0 Å². The maximum absolute atomic E-state index is 5.23. The normalized spacial score (nSPS) is 16.1. The van der Waals surface area contributed by atoms with Gasteiger partial charge < -0.3 is 14.5 Å². The lowest BCUT2D eigenvalue weighted by Gasteiger charge is -2.35. The standard InChI is InChI=1S/C12H16N2OS/c1-15-12-4-2-3-11(9-12)14-7-5-13(10-16)6-8-14/h2-4,9-10H,5-8H2,1H3. The van der Waals surface area contributed by atoms with Gasteiger partial charge in [-0.25, -0.2) is 0 Å². The van der Waals surface area contributed by atoms with Crippen molar-refractivity contribution in [1.82, 2.24) is 4.90 Å². The molecule has 0 radical (unpaired) electrons. The number of thiocarbonyl (C=S) groups is 1. The van der Waals surface area contributed by atoms with Gasteiger partial charge in [0.2, 0.25) is 0 Å².